The van der Waals surface area contributed by atoms with Crippen LogP contribution in [0.25, 0.3) is 11.1 Å². The molecule has 0 saturated heterocycles. The summed E-state index contributed by atoms with van der Waals surface area (Å²) in [5, 5.41) is 4.85. The van der Waals surface area contributed by atoms with Crippen LogP contribution in [0.2, 0.25) is 10.2 Å². The van der Waals surface area contributed by atoms with Gasteiger partial charge in [0.2, 0.25) is 5.89 Å². The van der Waals surface area contributed by atoms with Crippen LogP contribution in [-0.2, 0) is 20.1 Å². The number of halogens is 2. The van der Waals surface area contributed by atoms with Crippen molar-refractivity contribution in [3.05, 3.63) is 70.2 Å². The number of furan rings is 1. The van der Waals surface area contributed by atoms with Crippen molar-refractivity contribution in [3.8, 4) is 0 Å². The van der Waals surface area contributed by atoms with E-state index in [0.717, 1.165) is 0 Å². The molecule has 0 saturated carbocycles. The largest absolute Gasteiger partial charge is 0.467 e. The molecular weight excluding hydrogens is 391 g/mol. The lowest BCUT2D eigenvalue weighted by Gasteiger charge is -2.19. The second kappa shape index (κ2) is 7.09. The Morgan fingerprint density at radius 1 is 1.26 bits per heavy atom. The van der Waals surface area contributed by atoms with E-state index in [0.29, 0.717) is 33.3 Å². The minimum Gasteiger partial charge on any atom is -0.467 e. The highest BCUT2D eigenvalue weighted by Gasteiger charge is 2.24. The molecule has 4 aromatic rings. The number of hydrogen-bond acceptors (Lipinski definition) is 5. The number of carbonyl (C=O) groups is 1. The first kappa shape index (κ1) is 17.6. The number of rotatable bonds is 5. The van der Waals surface area contributed by atoms with Gasteiger partial charge in [-0.25, -0.2) is 4.98 Å². The van der Waals surface area contributed by atoms with Crippen molar-refractivity contribution in [2.45, 2.75) is 13.1 Å². The van der Waals surface area contributed by atoms with E-state index in [1.807, 2.05) is 0 Å². The fraction of sp³-hybridized carbons (Fsp3) is 0.167. The molecule has 3 aromatic heterocycles. The number of hydrogen-bond donors (Lipinski definition) is 0. The minimum atomic E-state index is -0.301. The molecule has 0 bridgehead atoms. The van der Waals surface area contributed by atoms with Crippen molar-refractivity contribution in [1.29, 1.82) is 0 Å². The molecule has 0 N–H and O–H groups in total. The van der Waals surface area contributed by atoms with Crippen LogP contribution in [0.4, 0.5) is 0 Å². The lowest BCUT2D eigenvalue weighted by atomic mass is 10.3. The van der Waals surface area contributed by atoms with Gasteiger partial charge in [0.15, 0.2) is 5.58 Å². The van der Waals surface area contributed by atoms with Crippen LogP contribution in [0.5, 0.6) is 0 Å². The van der Waals surface area contributed by atoms with E-state index in [1.165, 1.54) is 15.8 Å². The molecule has 138 valence electrons. The van der Waals surface area contributed by atoms with E-state index < -0.39 is 0 Å². The molecular formula is C18H14Cl2N4O3. The van der Waals surface area contributed by atoms with Crippen molar-refractivity contribution in [3.63, 3.8) is 0 Å². The van der Waals surface area contributed by atoms with Crippen molar-refractivity contribution in [2.75, 3.05) is 0 Å². The van der Waals surface area contributed by atoms with Crippen LogP contribution in [0, 0.1) is 0 Å². The number of carbonyl (C=O) groups excluding carboxylic acids is 1. The SMILES string of the molecule is Cn1ncc(C(=O)N(Cc2ccco2)Cc2nc3cc(Cl)ccc3o2)c1Cl. The Hall–Kier alpha value is -2.77. The average Bonchev–Trinajstić information content (AvgIpc) is 3.35. The quantitative estimate of drug-likeness (QED) is 0.495. The zero-order chi connectivity index (χ0) is 19.0. The molecule has 0 radical (unpaired) electrons. The molecule has 4 rings (SSSR count). The van der Waals surface area contributed by atoms with Crippen LogP contribution >= 0.6 is 23.2 Å². The molecule has 0 atom stereocenters. The molecule has 1 aromatic carbocycles. The number of aromatic nitrogens is 3. The second-order valence-electron chi connectivity index (χ2n) is 5.93. The predicted molar refractivity (Wildman–Crippen MR) is 99.5 cm³/mol. The van der Waals surface area contributed by atoms with Gasteiger partial charge in [0.25, 0.3) is 5.91 Å². The summed E-state index contributed by atoms with van der Waals surface area (Å²) in [5.41, 5.74) is 1.52. The van der Waals surface area contributed by atoms with Crippen molar-refractivity contribution in [2.24, 2.45) is 7.05 Å². The number of nitrogens with zero attached hydrogens (tertiary/aromatic N) is 4. The molecule has 1 amide bonds. The fourth-order valence-electron chi connectivity index (χ4n) is 2.71. The van der Waals surface area contributed by atoms with Crippen LogP contribution < -0.4 is 0 Å². The third-order valence-electron chi connectivity index (χ3n) is 4.03. The Morgan fingerprint density at radius 2 is 2.11 bits per heavy atom. The highest BCUT2D eigenvalue weighted by Crippen LogP contribution is 2.23. The first-order valence-electron chi connectivity index (χ1n) is 8.05. The zero-order valence-corrected chi connectivity index (χ0v) is 15.7. The first-order valence-corrected chi connectivity index (χ1v) is 8.81. The van der Waals surface area contributed by atoms with E-state index in [4.69, 9.17) is 32.0 Å². The molecule has 0 spiro atoms. The lowest BCUT2D eigenvalue weighted by molar-refractivity contribution is 0.0702. The molecule has 0 aliphatic heterocycles. The van der Waals surface area contributed by atoms with Crippen LogP contribution in [0.15, 0.2) is 51.6 Å². The maximum absolute atomic E-state index is 13.0. The third-order valence-corrected chi connectivity index (χ3v) is 4.71. The van der Waals surface area contributed by atoms with Gasteiger partial charge in [0.1, 0.15) is 16.4 Å². The maximum atomic E-state index is 13.0. The molecule has 0 unspecified atom stereocenters. The van der Waals surface area contributed by atoms with Crippen molar-refractivity contribution < 1.29 is 13.6 Å². The van der Waals surface area contributed by atoms with Gasteiger partial charge in [-0.2, -0.15) is 5.10 Å². The predicted octanol–water partition coefficient (Wildman–Crippen LogP) is 4.30. The standard InChI is InChI=1S/C18H14Cl2N4O3/c1-23-17(20)13(8-21-23)18(25)24(9-12-3-2-6-26-12)10-16-22-14-7-11(19)4-5-15(14)27-16/h2-8H,9-10H2,1H3. The first-order chi connectivity index (χ1) is 13.0. The molecule has 7 nitrogen and oxygen atoms in total. The molecule has 27 heavy (non-hydrogen) atoms. The summed E-state index contributed by atoms with van der Waals surface area (Å²) in [7, 11) is 1.67. The lowest BCUT2D eigenvalue weighted by Crippen LogP contribution is -2.30. The minimum absolute atomic E-state index is 0.136. The summed E-state index contributed by atoms with van der Waals surface area (Å²) in [4.78, 5) is 19.0. The molecule has 0 fully saturated rings. The van der Waals surface area contributed by atoms with Crippen LogP contribution in [0.3, 0.4) is 0 Å². The Kier molecular flexibility index (Phi) is 4.63. The van der Waals surface area contributed by atoms with Crippen LogP contribution in [0.1, 0.15) is 22.0 Å². The van der Waals surface area contributed by atoms with Gasteiger partial charge in [-0.05, 0) is 30.3 Å². The summed E-state index contributed by atoms with van der Waals surface area (Å²) in [6, 6.07) is 8.72. The highest BCUT2D eigenvalue weighted by molar-refractivity contribution is 6.32. The van der Waals surface area contributed by atoms with Gasteiger partial charge in [0.05, 0.1) is 31.1 Å². The normalized spacial score (nSPS) is 11.2. The Bertz CT molecular complexity index is 1100. The molecule has 0 aliphatic rings. The third kappa shape index (κ3) is 3.56. The Labute approximate surface area is 164 Å². The number of fused-ring (bicyclic) bond motifs is 1. The van der Waals surface area contributed by atoms with Gasteiger partial charge in [-0.3, -0.25) is 9.48 Å². The Morgan fingerprint density at radius 3 is 2.81 bits per heavy atom. The Balaban J connectivity index is 1.66. The highest BCUT2D eigenvalue weighted by atomic mass is 35.5. The van der Waals surface area contributed by atoms with Crippen molar-refractivity contribution >= 4 is 40.2 Å². The van der Waals surface area contributed by atoms with Crippen molar-refractivity contribution in [1.82, 2.24) is 19.7 Å². The summed E-state index contributed by atoms with van der Waals surface area (Å²) in [6.07, 6.45) is 2.99. The zero-order valence-electron chi connectivity index (χ0n) is 14.2. The molecule has 9 heteroatoms. The smallest absolute Gasteiger partial charge is 0.259 e. The van der Waals surface area contributed by atoms with Crippen LogP contribution in [-0.4, -0.2) is 25.6 Å². The molecule has 0 aliphatic carbocycles. The number of benzene rings is 1. The topological polar surface area (TPSA) is 77.3 Å². The van der Waals surface area contributed by atoms with Gasteiger partial charge < -0.3 is 13.7 Å². The summed E-state index contributed by atoms with van der Waals surface area (Å²) in [5.74, 6) is 0.708. The second-order valence-corrected chi connectivity index (χ2v) is 6.73. The number of aryl methyl sites for hydroxylation is 1. The van der Waals surface area contributed by atoms with E-state index in [-0.39, 0.29) is 24.1 Å². The number of amides is 1. The van der Waals surface area contributed by atoms with E-state index in [2.05, 4.69) is 10.1 Å². The van der Waals surface area contributed by atoms with Gasteiger partial charge in [-0.15, -0.1) is 0 Å². The van der Waals surface area contributed by atoms with E-state index in [9.17, 15) is 4.79 Å². The summed E-state index contributed by atoms with van der Waals surface area (Å²) in [6.45, 7) is 0.369. The van der Waals surface area contributed by atoms with Gasteiger partial charge >= 0.3 is 0 Å². The maximum Gasteiger partial charge on any atom is 0.259 e. The molecule has 3 heterocycles. The average molecular weight is 405 g/mol. The summed E-state index contributed by atoms with van der Waals surface area (Å²) >= 11 is 12.2. The van der Waals surface area contributed by atoms with Gasteiger partial charge in [0, 0.05) is 12.1 Å². The fourth-order valence-corrected chi connectivity index (χ4v) is 3.05. The number of oxazole rings is 1. The monoisotopic (exact) mass is 404 g/mol. The van der Waals surface area contributed by atoms with E-state index in [1.54, 1.807) is 43.6 Å². The summed E-state index contributed by atoms with van der Waals surface area (Å²) < 4.78 is 12.6. The van der Waals surface area contributed by atoms with Gasteiger partial charge in [-0.1, -0.05) is 23.2 Å². The van der Waals surface area contributed by atoms with E-state index >= 15 is 0 Å².